The monoisotopic (exact) mass is 590 g/mol. The first kappa shape index (κ1) is 29.1. The Bertz CT molecular complexity index is 1620. The first-order chi connectivity index (χ1) is 19.9. The van der Waals surface area contributed by atoms with Crippen LogP contribution >= 0.6 is 11.3 Å². The summed E-state index contributed by atoms with van der Waals surface area (Å²) in [5.74, 6) is 0.519. The summed E-state index contributed by atoms with van der Waals surface area (Å²) < 4.78 is 10.8. The van der Waals surface area contributed by atoms with Crippen LogP contribution in [0.2, 0.25) is 0 Å². The number of hydrogen-bond acceptors (Lipinski definition) is 8. The van der Waals surface area contributed by atoms with E-state index in [0.717, 1.165) is 45.4 Å². The van der Waals surface area contributed by atoms with Crippen molar-refractivity contribution in [3.05, 3.63) is 54.5 Å². The Morgan fingerprint density at radius 2 is 1.76 bits per heavy atom. The molecule has 0 aliphatic carbocycles. The van der Waals surface area contributed by atoms with Crippen molar-refractivity contribution < 1.29 is 23.9 Å². The largest absolute Gasteiger partial charge is 0.453 e. The first-order valence-electron chi connectivity index (χ1n) is 13.6. The molecule has 0 radical (unpaired) electrons. The van der Waals surface area contributed by atoms with E-state index in [1.54, 1.807) is 4.90 Å². The Morgan fingerprint density at radius 1 is 1.05 bits per heavy atom. The van der Waals surface area contributed by atoms with Crippen LogP contribution in [-0.4, -0.2) is 63.7 Å². The SMILES string of the molecule is COC(=O)NCC(=O)N1CCC[C@@]1(C)c1nc(-c2ccc(-c3ccc4nc(NC(=O)OC(C)(C)C)sc4c3)cc2)c[nH]1. The van der Waals surface area contributed by atoms with Gasteiger partial charge >= 0.3 is 12.2 Å². The molecule has 3 amide bonds. The van der Waals surface area contributed by atoms with E-state index in [-0.39, 0.29) is 12.5 Å². The van der Waals surface area contributed by atoms with Gasteiger partial charge < -0.3 is 24.7 Å². The molecule has 3 N–H and O–H groups in total. The second-order valence-corrected chi connectivity index (χ2v) is 12.3. The molecule has 1 aliphatic heterocycles. The molecule has 0 spiro atoms. The number of amides is 3. The standard InChI is InChI=1S/C30H34N6O5S/c1-29(2,3)41-28(39)35-26-34-21-12-11-20(15-23(21)42-26)18-7-9-19(10-8-18)22-16-31-25(33-22)30(4)13-6-14-36(30)24(37)17-32-27(38)40-5/h7-12,15-16H,6,13-14,17H2,1-5H3,(H,31,33)(H,32,38)(H,34,35,39)/t30-/m0/s1. The highest BCUT2D eigenvalue weighted by atomic mass is 32.1. The predicted molar refractivity (Wildman–Crippen MR) is 161 cm³/mol. The number of carbonyl (C=O) groups is 3. The lowest BCUT2D eigenvalue weighted by atomic mass is 9.98. The second-order valence-electron chi connectivity index (χ2n) is 11.3. The number of carbonyl (C=O) groups excluding carboxylic acids is 3. The lowest BCUT2D eigenvalue weighted by molar-refractivity contribution is -0.134. The number of fused-ring (bicyclic) bond motifs is 1. The van der Waals surface area contributed by atoms with E-state index in [1.807, 2.05) is 70.3 Å². The van der Waals surface area contributed by atoms with Crippen molar-refractivity contribution in [1.29, 1.82) is 0 Å². The molecule has 1 fully saturated rings. The molecule has 12 heteroatoms. The van der Waals surface area contributed by atoms with Gasteiger partial charge in [-0.1, -0.05) is 41.7 Å². The minimum absolute atomic E-state index is 0.133. The Hall–Kier alpha value is -4.45. The average molecular weight is 591 g/mol. The third kappa shape index (κ3) is 6.23. The van der Waals surface area contributed by atoms with Crippen LogP contribution in [-0.2, 0) is 19.8 Å². The van der Waals surface area contributed by atoms with Gasteiger partial charge in [0.2, 0.25) is 5.91 Å². The molecule has 5 rings (SSSR count). The quantitative estimate of drug-likeness (QED) is 0.254. The topological polar surface area (TPSA) is 139 Å². The zero-order valence-corrected chi connectivity index (χ0v) is 25.1. The van der Waals surface area contributed by atoms with E-state index in [2.05, 4.69) is 31.4 Å². The number of rotatable bonds is 6. The van der Waals surface area contributed by atoms with Crippen LogP contribution in [0.25, 0.3) is 32.6 Å². The second kappa shape index (κ2) is 11.4. The number of nitrogens with one attached hydrogen (secondary N) is 3. The number of benzene rings is 2. The van der Waals surface area contributed by atoms with Gasteiger partial charge in [-0.25, -0.2) is 19.6 Å². The van der Waals surface area contributed by atoms with Crippen LogP contribution in [0.5, 0.6) is 0 Å². The van der Waals surface area contributed by atoms with Crippen LogP contribution in [0.4, 0.5) is 14.7 Å². The molecule has 1 atom stereocenters. The lowest BCUT2D eigenvalue weighted by Gasteiger charge is -2.33. The molecule has 11 nitrogen and oxygen atoms in total. The Balaban J connectivity index is 1.29. The molecule has 42 heavy (non-hydrogen) atoms. The number of methoxy groups -OCH3 is 1. The maximum atomic E-state index is 12.9. The van der Waals surface area contributed by atoms with Crippen LogP contribution in [0.3, 0.4) is 0 Å². The summed E-state index contributed by atoms with van der Waals surface area (Å²) >= 11 is 1.39. The van der Waals surface area contributed by atoms with Gasteiger partial charge in [0, 0.05) is 18.3 Å². The molecule has 3 heterocycles. The summed E-state index contributed by atoms with van der Waals surface area (Å²) in [6.45, 7) is 7.89. The highest BCUT2D eigenvalue weighted by Crippen LogP contribution is 2.38. The van der Waals surface area contributed by atoms with E-state index in [0.29, 0.717) is 17.5 Å². The third-order valence-corrected chi connectivity index (χ3v) is 8.04. The van der Waals surface area contributed by atoms with Crippen LogP contribution < -0.4 is 10.6 Å². The Labute approximate surface area is 247 Å². The summed E-state index contributed by atoms with van der Waals surface area (Å²) in [4.78, 5) is 50.8. The van der Waals surface area contributed by atoms with Gasteiger partial charge in [-0.2, -0.15) is 0 Å². The van der Waals surface area contributed by atoms with E-state index in [4.69, 9.17) is 9.72 Å². The van der Waals surface area contributed by atoms with Crippen molar-refractivity contribution in [2.24, 2.45) is 0 Å². The summed E-state index contributed by atoms with van der Waals surface area (Å²) in [7, 11) is 1.26. The van der Waals surface area contributed by atoms with E-state index >= 15 is 0 Å². The molecule has 2 aromatic heterocycles. The number of hydrogen-bond donors (Lipinski definition) is 3. The van der Waals surface area contributed by atoms with Crippen LogP contribution in [0.15, 0.2) is 48.7 Å². The molecular weight excluding hydrogens is 556 g/mol. The van der Waals surface area contributed by atoms with Gasteiger partial charge in [-0.15, -0.1) is 0 Å². The summed E-state index contributed by atoms with van der Waals surface area (Å²) in [5, 5.41) is 5.66. The van der Waals surface area contributed by atoms with Crippen molar-refractivity contribution in [2.45, 2.75) is 51.7 Å². The molecule has 0 saturated carbocycles. The number of aromatic nitrogens is 3. The molecular formula is C30H34N6O5S. The van der Waals surface area contributed by atoms with Crippen LogP contribution in [0.1, 0.15) is 46.4 Å². The molecule has 4 aromatic rings. The lowest BCUT2D eigenvalue weighted by Crippen LogP contribution is -2.47. The third-order valence-electron chi connectivity index (χ3n) is 7.11. The zero-order valence-electron chi connectivity index (χ0n) is 24.2. The molecule has 1 aliphatic rings. The fourth-order valence-electron chi connectivity index (χ4n) is 5.05. The average Bonchev–Trinajstić information content (AvgIpc) is 3.68. The summed E-state index contributed by atoms with van der Waals surface area (Å²) in [5.41, 5.74) is 3.38. The van der Waals surface area contributed by atoms with Crippen molar-refractivity contribution in [3.8, 4) is 22.4 Å². The molecule has 0 unspecified atom stereocenters. The molecule has 2 aromatic carbocycles. The number of likely N-dealkylation sites (tertiary alicyclic amines) is 1. The van der Waals surface area contributed by atoms with Gasteiger partial charge in [0.05, 0.1) is 28.6 Å². The summed E-state index contributed by atoms with van der Waals surface area (Å²) in [6.07, 6.45) is 2.29. The van der Waals surface area contributed by atoms with Gasteiger partial charge in [-0.3, -0.25) is 10.1 Å². The molecule has 1 saturated heterocycles. The fourth-order valence-corrected chi connectivity index (χ4v) is 5.94. The number of ether oxygens (including phenoxy) is 2. The number of anilines is 1. The van der Waals surface area contributed by atoms with Gasteiger partial charge in [-0.05, 0) is 63.8 Å². The summed E-state index contributed by atoms with van der Waals surface area (Å²) in [6, 6.07) is 14.1. The van der Waals surface area contributed by atoms with Crippen LogP contribution in [0, 0.1) is 0 Å². The number of nitrogens with zero attached hydrogens (tertiary/aromatic N) is 3. The van der Waals surface area contributed by atoms with Crippen molar-refractivity contribution in [2.75, 3.05) is 25.5 Å². The van der Waals surface area contributed by atoms with Gasteiger partial charge in [0.15, 0.2) is 5.13 Å². The maximum Gasteiger partial charge on any atom is 0.413 e. The number of alkyl carbamates (subject to hydrolysis) is 1. The highest BCUT2D eigenvalue weighted by Gasteiger charge is 2.43. The first-order valence-corrected chi connectivity index (χ1v) is 14.5. The molecule has 220 valence electrons. The number of imidazole rings is 1. The smallest absolute Gasteiger partial charge is 0.413 e. The Morgan fingerprint density at radius 3 is 2.48 bits per heavy atom. The maximum absolute atomic E-state index is 12.9. The fraction of sp³-hybridized carbons (Fsp3) is 0.367. The van der Waals surface area contributed by atoms with Crippen molar-refractivity contribution in [1.82, 2.24) is 25.2 Å². The number of thiazole rings is 1. The Kier molecular flexibility index (Phi) is 7.91. The minimum atomic E-state index is -0.639. The molecule has 0 bridgehead atoms. The van der Waals surface area contributed by atoms with Gasteiger partial charge in [0.25, 0.3) is 0 Å². The van der Waals surface area contributed by atoms with Crippen molar-refractivity contribution in [3.63, 3.8) is 0 Å². The minimum Gasteiger partial charge on any atom is -0.453 e. The van der Waals surface area contributed by atoms with E-state index < -0.39 is 23.3 Å². The van der Waals surface area contributed by atoms with Gasteiger partial charge in [0.1, 0.15) is 18.0 Å². The normalized spacial score (nSPS) is 16.8. The van der Waals surface area contributed by atoms with E-state index in [1.165, 1.54) is 18.4 Å². The number of H-pyrrole nitrogens is 1. The van der Waals surface area contributed by atoms with E-state index in [9.17, 15) is 14.4 Å². The predicted octanol–water partition coefficient (Wildman–Crippen LogP) is 5.89. The zero-order chi connectivity index (χ0) is 30.1. The highest BCUT2D eigenvalue weighted by molar-refractivity contribution is 7.22. The van der Waals surface area contributed by atoms with Crippen molar-refractivity contribution >= 4 is 44.8 Å². The number of aromatic amines is 1.